The van der Waals surface area contributed by atoms with E-state index in [-0.39, 0.29) is 5.41 Å². The molecule has 0 radical (unpaired) electrons. The van der Waals surface area contributed by atoms with Gasteiger partial charge in [0.2, 0.25) is 0 Å². The van der Waals surface area contributed by atoms with Gasteiger partial charge < -0.3 is 0 Å². The van der Waals surface area contributed by atoms with Crippen LogP contribution in [0, 0.1) is 37.5 Å². The van der Waals surface area contributed by atoms with Crippen molar-refractivity contribution in [3.63, 3.8) is 0 Å². The molecule has 0 amide bonds. The Kier molecular flexibility index (Phi) is 3.19. The summed E-state index contributed by atoms with van der Waals surface area (Å²) in [7, 11) is 0. The van der Waals surface area contributed by atoms with E-state index in [4.69, 9.17) is 5.26 Å². The predicted molar refractivity (Wildman–Crippen MR) is 63.8 cm³/mol. The van der Waals surface area contributed by atoms with E-state index >= 15 is 0 Å². The maximum absolute atomic E-state index is 9.02. The summed E-state index contributed by atoms with van der Waals surface area (Å²) in [5, 5.41) is 9.02. The Balaban J connectivity index is 3.07. The zero-order valence-electron chi connectivity index (χ0n) is 10.3. The molecule has 1 aromatic carbocycles. The highest BCUT2D eigenvalue weighted by atomic mass is 14.3. The smallest absolute Gasteiger partial charge is 0.0687 e. The minimum atomic E-state index is -0.271. The first-order valence-corrected chi connectivity index (χ1v) is 5.34. The number of hydrogen-bond donors (Lipinski definition) is 0. The van der Waals surface area contributed by atoms with Crippen LogP contribution >= 0.6 is 0 Å². The molecule has 1 aromatic rings. The Bertz CT molecular complexity index is 408. The number of nitrogens with zero attached hydrogens (tertiary/aromatic N) is 1. The van der Waals surface area contributed by atoms with Crippen molar-refractivity contribution < 1.29 is 0 Å². The maximum Gasteiger partial charge on any atom is 0.0687 e. The highest BCUT2D eigenvalue weighted by Gasteiger charge is 2.18. The third-order valence-electron chi connectivity index (χ3n) is 2.89. The van der Waals surface area contributed by atoms with Crippen LogP contribution in [-0.2, 0) is 6.42 Å². The standard InChI is InChI=1S/C14H19N/c1-10-6-12(3)13(7-11(10)2)8-14(4,5)9-15/h6-7H,8H2,1-5H3. The van der Waals surface area contributed by atoms with Crippen LogP contribution in [-0.4, -0.2) is 0 Å². The fraction of sp³-hybridized carbons (Fsp3) is 0.500. The van der Waals surface area contributed by atoms with E-state index in [0.717, 1.165) is 6.42 Å². The van der Waals surface area contributed by atoms with Crippen molar-refractivity contribution in [2.24, 2.45) is 5.41 Å². The average molecular weight is 201 g/mol. The van der Waals surface area contributed by atoms with Gasteiger partial charge in [-0.1, -0.05) is 12.1 Å². The number of rotatable bonds is 2. The minimum Gasteiger partial charge on any atom is -0.198 e. The van der Waals surface area contributed by atoms with E-state index in [1.165, 1.54) is 22.3 Å². The van der Waals surface area contributed by atoms with Crippen LogP contribution in [0.1, 0.15) is 36.1 Å². The molecule has 0 spiro atoms. The number of aryl methyl sites for hydroxylation is 3. The van der Waals surface area contributed by atoms with Gasteiger partial charge in [0.1, 0.15) is 0 Å². The summed E-state index contributed by atoms with van der Waals surface area (Å²) in [6.45, 7) is 10.3. The Morgan fingerprint density at radius 3 is 2.13 bits per heavy atom. The molecule has 0 unspecified atom stereocenters. The molecular formula is C14H19N. The number of nitriles is 1. The van der Waals surface area contributed by atoms with E-state index in [2.05, 4.69) is 39.0 Å². The van der Waals surface area contributed by atoms with E-state index in [0.29, 0.717) is 0 Å². The van der Waals surface area contributed by atoms with Crippen molar-refractivity contribution in [2.75, 3.05) is 0 Å². The summed E-state index contributed by atoms with van der Waals surface area (Å²) in [5.41, 5.74) is 4.95. The lowest BCUT2D eigenvalue weighted by molar-refractivity contribution is 0.492. The van der Waals surface area contributed by atoms with Gasteiger partial charge >= 0.3 is 0 Å². The molecule has 1 rings (SSSR count). The summed E-state index contributed by atoms with van der Waals surface area (Å²) in [4.78, 5) is 0. The first kappa shape index (κ1) is 11.8. The predicted octanol–water partition coefficient (Wildman–Crippen LogP) is 3.70. The van der Waals surface area contributed by atoms with Crippen LogP contribution in [0.4, 0.5) is 0 Å². The molecule has 0 heterocycles. The van der Waals surface area contributed by atoms with Gasteiger partial charge in [0, 0.05) is 0 Å². The molecule has 0 atom stereocenters. The van der Waals surface area contributed by atoms with E-state index < -0.39 is 0 Å². The molecule has 0 N–H and O–H groups in total. The van der Waals surface area contributed by atoms with Gasteiger partial charge in [-0.25, -0.2) is 0 Å². The van der Waals surface area contributed by atoms with Gasteiger partial charge in [-0.3, -0.25) is 0 Å². The molecule has 1 heteroatoms. The second-order valence-electron chi connectivity index (χ2n) is 5.04. The molecule has 0 aliphatic carbocycles. The molecule has 15 heavy (non-hydrogen) atoms. The summed E-state index contributed by atoms with van der Waals surface area (Å²) < 4.78 is 0. The first-order chi connectivity index (χ1) is 6.85. The molecule has 1 nitrogen and oxygen atoms in total. The van der Waals surface area contributed by atoms with E-state index in [1.54, 1.807) is 0 Å². The average Bonchev–Trinajstić information content (AvgIpc) is 2.14. The molecular weight excluding hydrogens is 182 g/mol. The first-order valence-electron chi connectivity index (χ1n) is 5.34. The maximum atomic E-state index is 9.02. The molecule has 0 saturated heterocycles. The second-order valence-corrected chi connectivity index (χ2v) is 5.04. The van der Waals surface area contributed by atoms with Crippen LogP contribution in [0.3, 0.4) is 0 Å². The molecule has 0 aliphatic rings. The van der Waals surface area contributed by atoms with Crippen LogP contribution in [0.5, 0.6) is 0 Å². The van der Waals surface area contributed by atoms with Crippen molar-refractivity contribution in [1.29, 1.82) is 5.26 Å². The molecule has 80 valence electrons. The molecule has 0 bridgehead atoms. The summed E-state index contributed by atoms with van der Waals surface area (Å²) >= 11 is 0. The topological polar surface area (TPSA) is 23.8 Å². The number of hydrogen-bond acceptors (Lipinski definition) is 1. The quantitative estimate of drug-likeness (QED) is 0.715. The Morgan fingerprint density at radius 1 is 1.07 bits per heavy atom. The Morgan fingerprint density at radius 2 is 1.60 bits per heavy atom. The van der Waals surface area contributed by atoms with Crippen LogP contribution < -0.4 is 0 Å². The highest BCUT2D eigenvalue weighted by Crippen LogP contribution is 2.24. The van der Waals surface area contributed by atoms with Gasteiger partial charge in [-0.05, 0) is 63.3 Å². The number of benzene rings is 1. The third kappa shape index (κ3) is 2.83. The van der Waals surface area contributed by atoms with Gasteiger partial charge in [-0.2, -0.15) is 5.26 Å². The lowest BCUT2D eigenvalue weighted by Crippen LogP contribution is -2.13. The lowest BCUT2D eigenvalue weighted by Gasteiger charge is -2.18. The van der Waals surface area contributed by atoms with Gasteiger partial charge in [0.05, 0.1) is 11.5 Å². The second kappa shape index (κ2) is 4.06. The Hall–Kier alpha value is -1.29. The highest BCUT2D eigenvalue weighted by molar-refractivity contribution is 5.37. The molecule has 0 fully saturated rings. The normalized spacial score (nSPS) is 11.2. The zero-order valence-corrected chi connectivity index (χ0v) is 10.3. The lowest BCUT2D eigenvalue weighted by atomic mass is 9.85. The van der Waals surface area contributed by atoms with Gasteiger partial charge in [0.25, 0.3) is 0 Å². The summed E-state index contributed by atoms with van der Waals surface area (Å²) in [6.07, 6.45) is 0.830. The molecule has 0 saturated carbocycles. The van der Waals surface area contributed by atoms with E-state index in [9.17, 15) is 0 Å². The van der Waals surface area contributed by atoms with Gasteiger partial charge in [0.15, 0.2) is 0 Å². The van der Waals surface area contributed by atoms with Crippen LogP contribution in [0.2, 0.25) is 0 Å². The fourth-order valence-electron chi connectivity index (χ4n) is 1.73. The molecule has 0 aliphatic heterocycles. The fourth-order valence-corrected chi connectivity index (χ4v) is 1.73. The monoisotopic (exact) mass is 201 g/mol. The van der Waals surface area contributed by atoms with Crippen molar-refractivity contribution in [3.8, 4) is 6.07 Å². The third-order valence-corrected chi connectivity index (χ3v) is 2.89. The van der Waals surface area contributed by atoms with Crippen molar-refractivity contribution in [1.82, 2.24) is 0 Å². The zero-order chi connectivity index (χ0) is 11.6. The summed E-state index contributed by atoms with van der Waals surface area (Å²) in [5.74, 6) is 0. The minimum absolute atomic E-state index is 0.271. The Labute approximate surface area is 92.7 Å². The SMILES string of the molecule is Cc1cc(C)c(CC(C)(C)C#N)cc1C. The van der Waals surface area contributed by atoms with Gasteiger partial charge in [-0.15, -0.1) is 0 Å². The van der Waals surface area contributed by atoms with Crippen molar-refractivity contribution in [2.45, 2.75) is 41.0 Å². The van der Waals surface area contributed by atoms with Crippen LogP contribution in [0.15, 0.2) is 12.1 Å². The van der Waals surface area contributed by atoms with Crippen molar-refractivity contribution in [3.05, 3.63) is 34.4 Å². The van der Waals surface area contributed by atoms with Crippen molar-refractivity contribution >= 4 is 0 Å². The van der Waals surface area contributed by atoms with Crippen LogP contribution in [0.25, 0.3) is 0 Å². The molecule has 0 aromatic heterocycles. The van der Waals surface area contributed by atoms with E-state index in [1.807, 2.05) is 13.8 Å². The summed E-state index contributed by atoms with van der Waals surface area (Å²) in [6, 6.07) is 6.77. The largest absolute Gasteiger partial charge is 0.198 e.